The quantitative estimate of drug-likeness (QED) is 0.250. The third kappa shape index (κ3) is 4.70. The van der Waals surface area contributed by atoms with E-state index in [1.54, 1.807) is 30.3 Å². The first kappa shape index (κ1) is 27.1. The third-order valence-corrected chi connectivity index (χ3v) is 9.84. The van der Waals surface area contributed by atoms with E-state index in [9.17, 15) is 13.2 Å². The average Bonchev–Trinajstić information content (AvgIpc) is 3.78. The van der Waals surface area contributed by atoms with Gasteiger partial charge in [-0.1, -0.05) is 29.8 Å². The van der Waals surface area contributed by atoms with Crippen molar-refractivity contribution in [2.75, 3.05) is 18.8 Å². The fourth-order valence-corrected chi connectivity index (χ4v) is 7.39. The van der Waals surface area contributed by atoms with Crippen LogP contribution in [0.5, 0.6) is 0 Å². The second-order valence-electron chi connectivity index (χ2n) is 11.2. The number of anilines is 1. The Morgan fingerprint density at radius 1 is 0.977 bits per heavy atom. The fraction of sp³-hybridized carbons (Fsp3) is 0.219. The van der Waals surface area contributed by atoms with E-state index in [-0.39, 0.29) is 22.0 Å². The minimum absolute atomic E-state index is 0.000192. The molecule has 0 bridgehead atoms. The summed E-state index contributed by atoms with van der Waals surface area (Å²) in [4.78, 5) is 24.2. The molecule has 0 unspecified atom stereocenters. The maximum atomic E-state index is 14.2. The number of nitrogens with one attached hydrogen (secondary N) is 1. The molecular formula is C32H31N7O3S. The largest absolute Gasteiger partial charge is 0.383 e. The predicted octanol–water partition coefficient (Wildman–Crippen LogP) is 4.97. The summed E-state index contributed by atoms with van der Waals surface area (Å²) in [5, 5.41) is 5.05. The number of H-pyrrole nitrogens is 1. The molecule has 0 atom stereocenters. The zero-order chi connectivity index (χ0) is 29.9. The van der Waals surface area contributed by atoms with Crippen molar-refractivity contribution in [3.05, 3.63) is 101 Å². The van der Waals surface area contributed by atoms with Crippen LogP contribution in [0.4, 0.5) is 5.82 Å². The van der Waals surface area contributed by atoms with E-state index in [0.29, 0.717) is 16.6 Å². The van der Waals surface area contributed by atoms with Crippen LogP contribution in [0.25, 0.3) is 27.6 Å². The number of nitrogen functional groups attached to an aromatic ring is 1. The monoisotopic (exact) mass is 593 g/mol. The van der Waals surface area contributed by atoms with Gasteiger partial charge in [0.05, 0.1) is 38.9 Å². The molecule has 0 radical (unpaired) electrons. The number of aromatic nitrogens is 5. The van der Waals surface area contributed by atoms with E-state index in [0.717, 1.165) is 60.5 Å². The molecule has 3 N–H and O–H groups in total. The molecule has 0 saturated carbocycles. The highest BCUT2D eigenvalue weighted by molar-refractivity contribution is 7.90. The number of carbonyl (C=O) groups is 1. The number of rotatable bonds is 7. The summed E-state index contributed by atoms with van der Waals surface area (Å²) in [6.07, 6.45) is 3.70. The van der Waals surface area contributed by atoms with E-state index in [1.807, 2.05) is 50.2 Å². The Bertz CT molecular complexity index is 2130. The van der Waals surface area contributed by atoms with Crippen LogP contribution in [-0.4, -0.2) is 55.9 Å². The summed E-state index contributed by atoms with van der Waals surface area (Å²) < 4.78 is 31.1. The average molecular weight is 594 g/mol. The zero-order valence-electron chi connectivity index (χ0n) is 23.9. The number of nitrogens with zero attached hydrogens (tertiary/aromatic N) is 5. The molecule has 3 aromatic carbocycles. The van der Waals surface area contributed by atoms with Crippen molar-refractivity contribution in [1.82, 2.24) is 28.6 Å². The van der Waals surface area contributed by atoms with Crippen molar-refractivity contribution < 1.29 is 13.2 Å². The summed E-state index contributed by atoms with van der Waals surface area (Å²) >= 11 is 0. The van der Waals surface area contributed by atoms with Gasteiger partial charge in [-0.25, -0.2) is 22.1 Å². The van der Waals surface area contributed by atoms with Gasteiger partial charge in [0.15, 0.2) is 0 Å². The van der Waals surface area contributed by atoms with Gasteiger partial charge in [-0.2, -0.15) is 5.10 Å². The first-order valence-electron chi connectivity index (χ1n) is 14.2. The standard InChI is InChI=1S/C32H31N7O3S/c1-20-5-10-25(11-6-20)43(41,42)39-29-15-22(19-37-13-3-4-14-37)7-8-23(29)16-30(39)31(40)26-18-34-38(32(26)33)24-9-12-27-28(17-24)36-21(2)35-27/h5-12,15-18H,3-4,13-14,19,33H2,1-2H3,(H,35,36). The minimum atomic E-state index is -4.14. The normalized spacial score (nSPS) is 14.3. The smallest absolute Gasteiger partial charge is 0.268 e. The van der Waals surface area contributed by atoms with Gasteiger partial charge in [0.1, 0.15) is 17.3 Å². The van der Waals surface area contributed by atoms with Gasteiger partial charge in [-0.3, -0.25) is 9.69 Å². The van der Waals surface area contributed by atoms with Crippen LogP contribution in [0.3, 0.4) is 0 Å². The van der Waals surface area contributed by atoms with Crippen molar-refractivity contribution >= 4 is 43.6 Å². The van der Waals surface area contributed by atoms with Gasteiger partial charge in [0, 0.05) is 11.9 Å². The van der Waals surface area contributed by atoms with Crippen LogP contribution >= 0.6 is 0 Å². The van der Waals surface area contributed by atoms with Crippen LogP contribution in [0, 0.1) is 13.8 Å². The van der Waals surface area contributed by atoms with Gasteiger partial charge in [-0.15, -0.1) is 0 Å². The predicted molar refractivity (Wildman–Crippen MR) is 166 cm³/mol. The summed E-state index contributed by atoms with van der Waals surface area (Å²) in [7, 11) is -4.14. The van der Waals surface area contributed by atoms with Crippen LogP contribution in [-0.2, 0) is 16.6 Å². The first-order chi connectivity index (χ1) is 20.7. The van der Waals surface area contributed by atoms with E-state index in [1.165, 1.54) is 14.9 Å². The number of aryl methyl sites for hydroxylation is 2. The maximum absolute atomic E-state index is 14.2. The molecule has 10 nitrogen and oxygen atoms in total. The molecule has 7 rings (SSSR count). The molecule has 1 fully saturated rings. The number of fused-ring (bicyclic) bond motifs is 2. The van der Waals surface area contributed by atoms with Crippen molar-refractivity contribution in [2.24, 2.45) is 0 Å². The van der Waals surface area contributed by atoms with E-state index < -0.39 is 15.8 Å². The zero-order valence-corrected chi connectivity index (χ0v) is 24.7. The Morgan fingerprint density at radius 2 is 1.74 bits per heavy atom. The second kappa shape index (κ2) is 10.2. The van der Waals surface area contributed by atoms with Crippen molar-refractivity contribution in [3.63, 3.8) is 0 Å². The summed E-state index contributed by atoms with van der Waals surface area (Å²) in [6, 6.07) is 19.5. The highest BCUT2D eigenvalue weighted by atomic mass is 32.2. The molecule has 1 aliphatic rings. The molecule has 6 aromatic rings. The second-order valence-corrected chi connectivity index (χ2v) is 13.0. The van der Waals surface area contributed by atoms with Gasteiger partial charge < -0.3 is 10.7 Å². The lowest BCUT2D eigenvalue weighted by atomic mass is 10.1. The van der Waals surface area contributed by atoms with Gasteiger partial charge in [0.2, 0.25) is 5.78 Å². The molecule has 0 aliphatic carbocycles. The fourth-order valence-electron chi connectivity index (χ4n) is 5.89. The maximum Gasteiger partial charge on any atom is 0.268 e. The number of hydrogen-bond donors (Lipinski definition) is 2. The molecule has 1 aliphatic heterocycles. The summed E-state index contributed by atoms with van der Waals surface area (Å²) in [5.41, 5.74) is 11.3. The van der Waals surface area contributed by atoms with Crippen LogP contribution in [0.15, 0.2) is 77.8 Å². The van der Waals surface area contributed by atoms with Gasteiger partial charge in [0.25, 0.3) is 10.0 Å². The molecule has 0 spiro atoms. The number of nitrogens with two attached hydrogens (primary N) is 1. The molecule has 3 aromatic heterocycles. The van der Waals surface area contributed by atoms with Crippen molar-refractivity contribution in [2.45, 2.75) is 38.1 Å². The first-order valence-corrected chi connectivity index (χ1v) is 15.7. The highest BCUT2D eigenvalue weighted by Crippen LogP contribution is 2.31. The molecule has 11 heteroatoms. The van der Waals surface area contributed by atoms with E-state index in [2.05, 4.69) is 20.0 Å². The number of benzene rings is 3. The van der Waals surface area contributed by atoms with Crippen LogP contribution < -0.4 is 5.73 Å². The molecule has 4 heterocycles. The number of aromatic amines is 1. The molecule has 218 valence electrons. The SMILES string of the molecule is Cc1ccc(S(=O)(=O)n2c(C(=O)c3cnn(-c4ccc5nc(C)[nH]c5c4)c3N)cc3ccc(CN4CCCC4)cc32)cc1. The number of carbonyl (C=O) groups excluding carboxylic acids is 1. The Hall–Kier alpha value is -4.74. The summed E-state index contributed by atoms with van der Waals surface area (Å²) in [5.74, 6) is 0.359. The highest BCUT2D eigenvalue weighted by Gasteiger charge is 2.29. The molecule has 43 heavy (non-hydrogen) atoms. The number of hydrogen-bond acceptors (Lipinski definition) is 7. The Balaban J connectivity index is 1.35. The van der Waals surface area contributed by atoms with Crippen LogP contribution in [0.1, 0.15) is 45.8 Å². The molecule has 0 amide bonds. The number of likely N-dealkylation sites (tertiary alicyclic amines) is 1. The number of ketones is 1. The topological polar surface area (TPSA) is 132 Å². The van der Waals surface area contributed by atoms with Crippen LogP contribution in [0.2, 0.25) is 0 Å². The Morgan fingerprint density at radius 3 is 2.51 bits per heavy atom. The Kier molecular flexibility index (Phi) is 6.44. The van der Waals surface area contributed by atoms with Gasteiger partial charge in [-0.05, 0) is 87.8 Å². The van der Waals surface area contributed by atoms with E-state index in [4.69, 9.17) is 5.73 Å². The summed E-state index contributed by atoms with van der Waals surface area (Å²) in [6.45, 7) is 6.51. The van der Waals surface area contributed by atoms with E-state index >= 15 is 0 Å². The minimum Gasteiger partial charge on any atom is -0.383 e. The van der Waals surface area contributed by atoms with Gasteiger partial charge >= 0.3 is 0 Å². The van der Waals surface area contributed by atoms with Crippen molar-refractivity contribution in [1.29, 1.82) is 0 Å². The lowest BCUT2D eigenvalue weighted by Gasteiger charge is -2.15. The Labute approximate surface area is 248 Å². The van der Waals surface area contributed by atoms with Crippen molar-refractivity contribution in [3.8, 4) is 5.69 Å². The number of imidazole rings is 1. The third-order valence-electron chi connectivity index (χ3n) is 8.10. The lowest BCUT2D eigenvalue weighted by Crippen LogP contribution is -2.20. The molecule has 1 saturated heterocycles. The lowest BCUT2D eigenvalue weighted by molar-refractivity contribution is 0.103. The molecular weight excluding hydrogens is 562 g/mol.